The molecule has 3 amide bonds. The van der Waals surface area contributed by atoms with Gasteiger partial charge in [-0.3, -0.25) is 29.2 Å². The second-order valence-electron chi connectivity index (χ2n) is 15.4. The summed E-state index contributed by atoms with van der Waals surface area (Å²) >= 11 is 0. The van der Waals surface area contributed by atoms with E-state index in [-0.39, 0.29) is 47.6 Å². The summed E-state index contributed by atoms with van der Waals surface area (Å²) in [6.45, 7) is 4.09. The summed E-state index contributed by atoms with van der Waals surface area (Å²) in [7, 11) is 0. The molecule has 5 heterocycles. The number of piperidine rings is 2. The number of carbonyl (C=O) groups excluding carboxylic acids is 3. The molecule has 0 spiro atoms. The Kier molecular flexibility index (Phi) is 11.6. The summed E-state index contributed by atoms with van der Waals surface area (Å²) < 4.78 is 37.6. The zero-order chi connectivity index (χ0) is 40.2. The highest BCUT2D eigenvalue weighted by molar-refractivity contribution is 6.01. The number of aromatic nitrogens is 3. The van der Waals surface area contributed by atoms with Gasteiger partial charge in [-0.2, -0.15) is 0 Å². The highest BCUT2D eigenvalue weighted by Gasteiger charge is 2.32. The molecule has 3 aliphatic heterocycles. The van der Waals surface area contributed by atoms with Gasteiger partial charge in [-0.25, -0.2) is 23.5 Å². The first kappa shape index (κ1) is 38.9. The number of pyridine rings is 1. The fraction of sp³-hybridized carbons (Fsp3) is 0.429. The van der Waals surface area contributed by atoms with Crippen molar-refractivity contribution >= 4 is 35.2 Å². The van der Waals surface area contributed by atoms with Gasteiger partial charge in [0.25, 0.3) is 5.56 Å². The molecule has 14 nitrogen and oxygen atoms in total. The number of amides is 3. The molecule has 1 atom stereocenters. The molecule has 304 valence electrons. The largest absolute Gasteiger partial charge is 0.446 e. The zero-order valence-corrected chi connectivity index (χ0v) is 32.1. The van der Waals surface area contributed by atoms with Gasteiger partial charge in [-0.05, 0) is 81.3 Å². The number of hydrogen-bond donors (Lipinski definition) is 3. The van der Waals surface area contributed by atoms with Crippen LogP contribution in [0.5, 0.6) is 0 Å². The van der Waals surface area contributed by atoms with Crippen LogP contribution in [0.15, 0.2) is 77.9 Å². The van der Waals surface area contributed by atoms with Crippen molar-refractivity contribution in [3.63, 3.8) is 0 Å². The van der Waals surface area contributed by atoms with Gasteiger partial charge in [0.2, 0.25) is 17.8 Å². The lowest BCUT2D eigenvalue weighted by atomic mass is 9.93. The molecule has 3 saturated heterocycles. The smallest absolute Gasteiger partial charge is 0.410 e. The van der Waals surface area contributed by atoms with Crippen molar-refractivity contribution in [3.8, 4) is 16.9 Å². The van der Waals surface area contributed by atoms with Gasteiger partial charge < -0.3 is 25.2 Å². The minimum absolute atomic E-state index is 0.0373. The van der Waals surface area contributed by atoms with E-state index >= 15 is 4.39 Å². The highest BCUT2D eigenvalue weighted by atomic mass is 19.1. The van der Waals surface area contributed by atoms with E-state index in [0.717, 1.165) is 45.0 Å². The number of anilines is 3. The second-order valence-corrected chi connectivity index (χ2v) is 15.4. The minimum Gasteiger partial charge on any atom is -0.446 e. The normalized spacial score (nSPS) is 22.0. The number of rotatable bonds is 9. The van der Waals surface area contributed by atoms with Crippen LogP contribution < -0.4 is 26.4 Å². The number of nitrogens with zero attached hydrogens (tertiary/aromatic N) is 6. The predicted octanol–water partition coefficient (Wildman–Crippen LogP) is 4.94. The van der Waals surface area contributed by atoms with Crippen LogP contribution in [0, 0.1) is 11.6 Å². The third kappa shape index (κ3) is 8.96. The average Bonchev–Trinajstić information content (AvgIpc) is 3.24. The molecular weight excluding hydrogens is 749 g/mol. The maximum Gasteiger partial charge on any atom is 0.410 e. The van der Waals surface area contributed by atoms with Gasteiger partial charge in [0.05, 0.1) is 11.9 Å². The van der Waals surface area contributed by atoms with Gasteiger partial charge in [-0.15, -0.1) is 0 Å². The Bertz CT molecular complexity index is 2200. The maximum absolute atomic E-state index is 15.2. The van der Waals surface area contributed by atoms with Crippen molar-refractivity contribution in [3.05, 3.63) is 95.0 Å². The van der Waals surface area contributed by atoms with E-state index in [1.54, 1.807) is 59.6 Å². The van der Waals surface area contributed by atoms with Crippen LogP contribution in [0.2, 0.25) is 0 Å². The van der Waals surface area contributed by atoms with Crippen molar-refractivity contribution < 1.29 is 27.9 Å². The van der Waals surface area contributed by atoms with E-state index in [4.69, 9.17) is 4.74 Å². The number of imide groups is 1. The zero-order valence-electron chi connectivity index (χ0n) is 32.1. The Morgan fingerprint density at radius 3 is 2.34 bits per heavy atom. The lowest BCUT2D eigenvalue weighted by molar-refractivity contribution is -0.133. The molecule has 4 aliphatic rings. The summed E-state index contributed by atoms with van der Waals surface area (Å²) in [5.41, 5.74) is 2.11. The molecule has 1 unspecified atom stereocenters. The van der Waals surface area contributed by atoms with Crippen LogP contribution in [0.25, 0.3) is 16.9 Å². The number of hydrogen-bond acceptors (Lipinski definition) is 11. The summed E-state index contributed by atoms with van der Waals surface area (Å²) in [5, 5.41) is 8.69. The third-order valence-corrected chi connectivity index (χ3v) is 11.7. The molecule has 8 rings (SSSR count). The van der Waals surface area contributed by atoms with Crippen molar-refractivity contribution in [1.82, 2.24) is 29.7 Å². The van der Waals surface area contributed by atoms with E-state index in [9.17, 15) is 23.6 Å². The van der Waals surface area contributed by atoms with E-state index in [0.29, 0.717) is 80.1 Å². The van der Waals surface area contributed by atoms with E-state index in [2.05, 4.69) is 35.7 Å². The SMILES string of the molecule is O=C1CCC(Nc2ccc(N3CCC(N4CCN(C(=O)O[C@H]5CC[C@H](Nc6ncc(F)c(-c7cccc(-n8ccccc8=O)c7)n6)CC5)CC4)CC3)c(F)c2)C(=O)N1. The van der Waals surface area contributed by atoms with Gasteiger partial charge in [0, 0.05) is 87.0 Å². The van der Waals surface area contributed by atoms with E-state index in [1.807, 2.05) is 0 Å². The fourth-order valence-corrected chi connectivity index (χ4v) is 8.43. The van der Waals surface area contributed by atoms with Crippen molar-refractivity contribution in [1.29, 1.82) is 0 Å². The van der Waals surface area contributed by atoms with Gasteiger partial charge in [-0.1, -0.05) is 18.2 Å². The first-order valence-electron chi connectivity index (χ1n) is 20.1. The summed E-state index contributed by atoms with van der Waals surface area (Å²) in [5.74, 6) is -1.30. The first-order valence-corrected chi connectivity index (χ1v) is 20.1. The number of benzene rings is 2. The number of halogens is 2. The summed E-state index contributed by atoms with van der Waals surface area (Å²) in [4.78, 5) is 64.0. The average molecular weight is 796 g/mol. The van der Waals surface area contributed by atoms with Crippen LogP contribution in [-0.4, -0.2) is 106 Å². The number of carbonyl (C=O) groups is 3. The van der Waals surface area contributed by atoms with Crippen molar-refractivity contribution in [2.24, 2.45) is 0 Å². The molecule has 2 aromatic carbocycles. The number of ether oxygens (including phenoxy) is 1. The minimum atomic E-state index is -0.571. The Morgan fingerprint density at radius 2 is 1.60 bits per heavy atom. The Balaban J connectivity index is 0.760. The quantitative estimate of drug-likeness (QED) is 0.198. The standard InChI is InChI=1S/C42H47F2N9O5/c43-33-25-29(46-35-12-14-37(54)48-40(35)56)9-13-36(33)51-18-15-30(16-19-51)50-20-22-52(23-21-50)42(57)58-32-10-7-28(8-11-32)47-41-45-26-34(44)39(49-41)27-4-3-5-31(24-27)53-17-2-1-6-38(53)55/h1-6,9,13,17,24-26,28,30,32,35,46H,7-8,10-12,14-16,18-23H2,(H,45,47,49)(H,48,54,56)/t28-,32-,35?. The molecular formula is C42H47F2N9O5. The molecule has 58 heavy (non-hydrogen) atoms. The maximum atomic E-state index is 15.2. The van der Waals surface area contributed by atoms with Crippen molar-refractivity contribution in [2.75, 3.05) is 54.8 Å². The summed E-state index contributed by atoms with van der Waals surface area (Å²) in [6, 6.07) is 16.6. The van der Waals surface area contributed by atoms with Gasteiger partial charge >= 0.3 is 6.09 Å². The molecule has 16 heteroatoms. The topological polar surface area (TPSA) is 154 Å². The highest BCUT2D eigenvalue weighted by Crippen LogP contribution is 2.30. The Morgan fingerprint density at radius 1 is 0.810 bits per heavy atom. The Labute approximate surface area is 334 Å². The molecule has 2 aromatic heterocycles. The third-order valence-electron chi connectivity index (χ3n) is 11.7. The predicted molar refractivity (Wildman–Crippen MR) is 214 cm³/mol. The van der Waals surface area contributed by atoms with Crippen LogP contribution >= 0.6 is 0 Å². The molecule has 1 aliphatic carbocycles. The van der Waals surface area contributed by atoms with Crippen LogP contribution in [-0.2, 0) is 14.3 Å². The van der Waals surface area contributed by atoms with Gasteiger partial charge in [0.15, 0.2) is 5.82 Å². The molecule has 3 N–H and O–H groups in total. The van der Waals surface area contributed by atoms with Crippen LogP contribution in [0.1, 0.15) is 51.4 Å². The van der Waals surface area contributed by atoms with E-state index < -0.39 is 17.8 Å². The Hall–Kier alpha value is -5.90. The van der Waals surface area contributed by atoms with Crippen LogP contribution in [0.4, 0.5) is 30.9 Å². The molecule has 1 saturated carbocycles. The second kappa shape index (κ2) is 17.3. The first-order chi connectivity index (χ1) is 28.2. The van der Waals surface area contributed by atoms with Crippen molar-refractivity contribution in [2.45, 2.75) is 75.6 Å². The van der Waals surface area contributed by atoms with Crippen LogP contribution in [0.3, 0.4) is 0 Å². The molecule has 0 radical (unpaired) electrons. The monoisotopic (exact) mass is 795 g/mol. The van der Waals surface area contributed by atoms with E-state index in [1.165, 1.54) is 16.7 Å². The fourth-order valence-electron chi connectivity index (χ4n) is 8.43. The summed E-state index contributed by atoms with van der Waals surface area (Å²) in [6.07, 6.45) is 7.55. The molecule has 4 fully saturated rings. The lowest BCUT2D eigenvalue weighted by Gasteiger charge is -2.43. The number of nitrogens with one attached hydrogen (secondary N) is 3. The lowest BCUT2D eigenvalue weighted by Crippen LogP contribution is -2.54. The number of piperazine rings is 1. The molecule has 4 aromatic rings. The molecule has 0 bridgehead atoms. The van der Waals surface area contributed by atoms with Gasteiger partial charge in [0.1, 0.15) is 23.7 Å².